The van der Waals surface area contributed by atoms with E-state index in [2.05, 4.69) is 12.2 Å². The summed E-state index contributed by atoms with van der Waals surface area (Å²) in [5.74, 6) is 0.962. The van der Waals surface area contributed by atoms with Crippen LogP contribution in [0, 0.1) is 5.92 Å². The minimum Gasteiger partial charge on any atom is -0.353 e. The molecule has 0 spiro atoms. The van der Waals surface area contributed by atoms with E-state index in [-0.39, 0.29) is 23.6 Å². The summed E-state index contributed by atoms with van der Waals surface area (Å²) in [5, 5.41) is 4.43. The van der Waals surface area contributed by atoms with Gasteiger partial charge >= 0.3 is 0 Å². The Balaban J connectivity index is 1.59. The van der Waals surface area contributed by atoms with Gasteiger partial charge in [0.1, 0.15) is 0 Å². The number of carbonyl (C=O) groups excluding carboxylic acids is 1. The Morgan fingerprint density at radius 1 is 1.22 bits per heavy atom. The highest BCUT2D eigenvalue weighted by Gasteiger charge is 2.29. The van der Waals surface area contributed by atoms with Crippen LogP contribution in [0.1, 0.15) is 57.9 Å². The molecule has 1 aromatic carbocycles. The molecule has 0 aliphatic heterocycles. The molecule has 2 saturated carbocycles. The summed E-state index contributed by atoms with van der Waals surface area (Å²) >= 11 is 1.39. The van der Waals surface area contributed by atoms with E-state index in [0.717, 1.165) is 25.7 Å². The first-order valence-electron chi connectivity index (χ1n) is 10.1. The second kappa shape index (κ2) is 8.05. The monoisotopic (exact) mass is 385 g/mol. The number of hydrogen-bond donors (Lipinski definition) is 1. The fourth-order valence-electron chi connectivity index (χ4n) is 4.03. The summed E-state index contributed by atoms with van der Waals surface area (Å²) in [4.78, 5) is 30.3. The van der Waals surface area contributed by atoms with Gasteiger partial charge in [0.15, 0.2) is 5.16 Å². The van der Waals surface area contributed by atoms with Crippen LogP contribution in [-0.2, 0) is 4.79 Å². The molecular formula is C21H27N3O2S. The van der Waals surface area contributed by atoms with E-state index in [9.17, 15) is 9.59 Å². The minimum absolute atomic E-state index is 0.0250. The van der Waals surface area contributed by atoms with Gasteiger partial charge in [0.05, 0.1) is 16.7 Å². The molecule has 0 radical (unpaired) electrons. The molecule has 1 aromatic heterocycles. The zero-order valence-electron chi connectivity index (χ0n) is 15.8. The van der Waals surface area contributed by atoms with Crippen LogP contribution in [-0.4, -0.2) is 27.3 Å². The lowest BCUT2D eigenvalue weighted by Crippen LogP contribution is -2.35. The number of hydrogen-bond acceptors (Lipinski definition) is 4. The van der Waals surface area contributed by atoms with Crippen LogP contribution < -0.4 is 10.9 Å². The summed E-state index contributed by atoms with van der Waals surface area (Å²) < 4.78 is 1.86. The molecule has 6 heteroatoms. The molecule has 2 aliphatic carbocycles. The Hall–Kier alpha value is -1.82. The molecule has 2 aliphatic rings. The zero-order chi connectivity index (χ0) is 18.8. The first kappa shape index (κ1) is 18.5. The second-order valence-corrected chi connectivity index (χ2v) is 8.80. The maximum Gasteiger partial charge on any atom is 0.262 e. The number of nitrogens with one attached hydrogen (secondary N) is 1. The summed E-state index contributed by atoms with van der Waals surface area (Å²) in [6, 6.07) is 7.94. The highest BCUT2D eigenvalue weighted by atomic mass is 32.2. The molecule has 0 unspecified atom stereocenters. The molecule has 5 nitrogen and oxygen atoms in total. The number of carbonyl (C=O) groups is 1. The van der Waals surface area contributed by atoms with Crippen molar-refractivity contribution in [3.63, 3.8) is 0 Å². The number of para-hydroxylation sites is 1. The van der Waals surface area contributed by atoms with E-state index in [4.69, 9.17) is 4.98 Å². The third-order valence-electron chi connectivity index (χ3n) is 5.77. The lowest BCUT2D eigenvalue weighted by molar-refractivity contribution is -0.119. The quantitative estimate of drug-likeness (QED) is 0.605. The van der Waals surface area contributed by atoms with Crippen molar-refractivity contribution in [3.8, 4) is 0 Å². The third kappa shape index (κ3) is 4.21. The van der Waals surface area contributed by atoms with Crippen LogP contribution in [0.15, 0.2) is 34.2 Å². The van der Waals surface area contributed by atoms with Gasteiger partial charge in [-0.2, -0.15) is 0 Å². The maximum absolute atomic E-state index is 13.2. The van der Waals surface area contributed by atoms with Gasteiger partial charge in [-0.3, -0.25) is 14.2 Å². The van der Waals surface area contributed by atoms with E-state index in [0.29, 0.717) is 27.7 Å². The second-order valence-electron chi connectivity index (χ2n) is 7.86. The molecule has 1 atom stereocenters. The molecular weight excluding hydrogens is 358 g/mol. The van der Waals surface area contributed by atoms with Crippen molar-refractivity contribution in [1.82, 2.24) is 14.9 Å². The molecule has 0 bridgehead atoms. The number of aromatic nitrogens is 2. The number of thioether (sulfide) groups is 1. The van der Waals surface area contributed by atoms with Crippen molar-refractivity contribution in [2.75, 3.05) is 5.75 Å². The predicted octanol–water partition coefficient (Wildman–Crippen LogP) is 3.91. The van der Waals surface area contributed by atoms with Crippen LogP contribution in [0.3, 0.4) is 0 Å². The van der Waals surface area contributed by atoms with Gasteiger partial charge in [-0.15, -0.1) is 0 Å². The fraction of sp³-hybridized carbons (Fsp3) is 0.571. The van der Waals surface area contributed by atoms with Gasteiger partial charge < -0.3 is 5.32 Å². The van der Waals surface area contributed by atoms with E-state index in [1.165, 1.54) is 31.0 Å². The molecule has 27 heavy (non-hydrogen) atoms. The molecule has 1 heterocycles. The Kier molecular flexibility index (Phi) is 5.53. The van der Waals surface area contributed by atoms with Crippen LogP contribution in [0.2, 0.25) is 0 Å². The number of fused-ring (bicyclic) bond motifs is 1. The lowest BCUT2D eigenvalue weighted by Gasteiger charge is -2.26. The standard InChI is InChI=1S/C21H27N3O2S/c1-14(15-11-12-15)22-19(25)13-27-21-23-18-10-6-5-9-17(18)20(26)24(21)16-7-3-2-4-8-16/h5-6,9-10,14-16H,2-4,7-8,11-13H2,1H3,(H,22,25)/t14-/m1/s1. The Bertz CT molecular complexity index is 885. The lowest BCUT2D eigenvalue weighted by atomic mass is 9.95. The van der Waals surface area contributed by atoms with Gasteiger partial charge in [-0.1, -0.05) is 43.2 Å². The highest BCUT2D eigenvalue weighted by molar-refractivity contribution is 7.99. The first-order valence-corrected chi connectivity index (χ1v) is 11.1. The molecule has 1 N–H and O–H groups in total. The van der Waals surface area contributed by atoms with E-state index in [1.807, 2.05) is 28.8 Å². The molecule has 0 saturated heterocycles. The van der Waals surface area contributed by atoms with Crippen molar-refractivity contribution in [3.05, 3.63) is 34.6 Å². The van der Waals surface area contributed by atoms with E-state index >= 15 is 0 Å². The van der Waals surface area contributed by atoms with Crippen LogP contribution in [0.25, 0.3) is 10.9 Å². The smallest absolute Gasteiger partial charge is 0.262 e. The van der Waals surface area contributed by atoms with Crippen molar-refractivity contribution < 1.29 is 4.79 Å². The average Bonchev–Trinajstić information content (AvgIpc) is 3.52. The number of rotatable bonds is 6. The Morgan fingerprint density at radius 2 is 1.96 bits per heavy atom. The average molecular weight is 386 g/mol. The van der Waals surface area contributed by atoms with Gasteiger partial charge in [-0.05, 0) is 50.7 Å². The van der Waals surface area contributed by atoms with Crippen molar-refractivity contribution in [2.24, 2.45) is 5.92 Å². The highest BCUT2D eigenvalue weighted by Crippen LogP contribution is 2.33. The summed E-state index contributed by atoms with van der Waals surface area (Å²) in [7, 11) is 0. The molecule has 144 valence electrons. The summed E-state index contributed by atoms with van der Waals surface area (Å²) in [6.07, 6.45) is 7.97. The molecule has 2 fully saturated rings. The number of amides is 1. The first-order chi connectivity index (χ1) is 13.1. The Labute approximate surface area is 163 Å². The zero-order valence-corrected chi connectivity index (χ0v) is 16.6. The van der Waals surface area contributed by atoms with Gasteiger partial charge in [0.2, 0.25) is 5.91 Å². The van der Waals surface area contributed by atoms with Crippen molar-refractivity contribution in [2.45, 2.75) is 69.1 Å². The molecule has 4 rings (SSSR count). The predicted molar refractivity (Wildman–Crippen MR) is 109 cm³/mol. The van der Waals surface area contributed by atoms with Crippen molar-refractivity contribution in [1.29, 1.82) is 0 Å². The largest absolute Gasteiger partial charge is 0.353 e. The Morgan fingerprint density at radius 3 is 2.70 bits per heavy atom. The topological polar surface area (TPSA) is 64.0 Å². The van der Waals surface area contributed by atoms with Gasteiger partial charge in [-0.25, -0.2) is 4.98 Å². The normalized spacial score (nSPS) is 19.1. The SMILES string of the molecule is C[C@@H](NC(=O)CSc1nc2ccccc2c(=O)n1C1CCCCC1)C1CC1. The van der Waals surface area contributed by atoms with Gasteiger partial charge in [0.25, 0.3) is 5.56 Å². The van der Waals surface area contributed by atoms with Gasteiger partial charge in [0, 0.05) is 12.1 Å². The minimum atomic E-state index is 0.0250. The molecule has 2 aromatic rings. The maximum atomic E-state index is 13.2. The summed E-state index contributed by atoms with van der Waals surface area (Å²) in [6.45, 7) is 2.08. The summed E-state index contributed by atoms with van der Waals surface area (Å²) in [5.41, 5.74) is 0.741. The van der Waals surface area contributed by atoms with E-state index in [1.54, 1.807) is 0 Å². The van der Waals surface area contributed by atoms with E-state index < -0.39 is 0 Å². The molecule has 1 amide bonds. The number of benzene rings is 1. The fourth-order valence-corrected chi connectivity index (χ4v) is 4.91. The van der Waals surface area contributed by atoms with Crippen LogP contribution in [0.4, 0.5) is 0 Å². The van der Waals surface area contributed by atoms with Crippen LogP contribution in [0.5, 0.6) is 0 Å². The number of nitrogens with zero attached hydrogens (tertiary/aromatic N) is 2. The third-order valence-corrected chi connectivity index (χ3v) is 6.72. The van der Waals surface area contributed by atoms with Crippen molar-refractivity contribution >= 4 is 28.6 Å². The van der Waals surface area contributed by atoms with Crippen LogP contribution >= 0.6 is 11.8 Å².